The number of carbonyl (C=O) groups is 1. The van der Waals surface area contributed by atoms with Crippen LogP contribution in [0, 0.1) is 0 Å². The largest absolute Gasteiger partial charge is 0.294 e. The van der Waals surface area contributed by atoms with Gasteiger partial charge in [0.25, 0.3) is 0 Å². The summed E-state index contributed by atoms with van der Waals surface area (Å²) >= 11 is 1.91. The van der Waals surface area contributed by atoms with E-state index in [-0.39, 0.29) is 5.82 Å². The summed E-state index contributed by atoms with van der Waals surface area (Å²) in [5.74, 6) is 0.222. The van der Waals surface area contributed by atoms with E-state index in [1.165, 1.54) is 9.22 Å². The second-order valence-corrected chi connectivity index (χ2v) is 2.10. The zero-order chi connectivity index (χ0) is 5.98. The van der Waals surface area contributed by atoms with Crippen LogP contribution >= 0.6 is 22.9 Å². The number of carbonyl (C=O) groups excluding carboxylic acids is 1. The smallest absolute Gasteiger partial charge is 0.214 e. The molecule has 0 saturated carbocycles. The molecule has 0 bridgehead atoms. The van der Waals surface area contributed by atoms with Gasteiger partial charge in [0.15, 0.2) is 6.29 Å². The minimum absolute atomic E-state index is 0.222. The summed E-state index contributed by atoms with van der Waals surface area (Å²) in [4.78, 5) is 13.5. The fourth-order valence-corrected chi connectivity index (χ4v) is 0.656. The molecule has 0 aliphatic carbocycles. The van der Waals surface area contributed by atoms with E-state index in [0.717, 1.165) is 0 Å². The normalized spacial score (nSPS) is 9.12. The van der Waals surface area contributed by atoms with Gasteiger partial charge in [0.1, 0.15) is 6.33 Å². The Kier molecular flexibility index (Phi) is 1.56. The lowest BCUT2D eigenvalue weighted by molar-refractivity contribution is 0.111. The van der Waals surface area contributed by atoms with E-state index in [9.17, 15) is 4.79 Å². The fraction of sp³-hybridized carbons (Fsp3) is 0. The SMILES string of the molecule is O=Cc1ncn(I)n1. The Morgan fingerprint density at radius 1 is 1.88 bits per heavy atom. The molecule has 0 aliphatic heterocycles. The monoisotopic (exact) mass is 223 g/mol. The van der Waals surface area contributed by atoms with Crippen LogP contribution in [0.15, 0.2) is 6.33 Å². The second kappa shape index (κ2) is 2.21. The average molecular weight is 223 g/mol. The van der Waals surface area contributed by atoms with Gasteiger partial charge in [-0.05, 0) is 0 Å². The summed E-state index contributed by atoms with van der Waals surface area (Å²) in [6.45, 7) is 0. The van der Waals surface area contributed by atoms with E-state index >= 15 is 0 Å². The first kappa shape index (κ1) is 5.67. The van der Waals surface area contributed by atoms with E-state index < -0.39 is 0 Å². The van der Waals surface area contributed by atoms with Crippen molar-refractivity contribution >= 4 is 29.2 Å². The van der Waals surface area contributed by atoms with Crippen molar-refractivity contribution in [1.82, 2.24) is 13.0 Å². The van der Waals surface area contributed by atoms with Gasteiger partial charge >= 0.3 is 0 Å². The molecule has 4 nitrogen and oxygen atoms in total. The van der Waals surface area contributed by atoms with Crippen LogP contribution in [0.25, 0.3) is 0 Å². The van der Waals surface area contributed by atoms with Gasteiger partial charge in [-0.2, -0.15) is 2.90 Å². The van der Waals surface area contributed by atoms with E-state index in [1.54, 1.807) is 0 Å². The van der Waals surface area contributed by atoms with Gasteiger partial charge in [-0.3, -0.25) is 4.79 Å². The number of aromatic nitrogens is 3. The van der Waals surface area contributed by atoms with Crippen LogP contribution in [-0.4, -0.2) is 19.3 Å². The molecule has 0 radical (unpaired) electrons. The topological polar surface area (TPSA) is 47.8 Å². The maximum absolute atomic E-state index is 9.88. The predicted octanol–water partition coefficient (Wildman–Crippen LogP) is 0.289. The van der Waals surface area contributed by atoms with Crippen LogP contribution < -0.4 is 0 Å². The third-order valence-corrected chi connectivity index (χ3v) is 1.05. The highest BCUT2D eigenvalue weighted by Gasteiger charge is 1.91. The third kappa shape index (κ3) is 1.03. The second-order valence-electron chi connectivity index (χ2n) is 1.11. The number of hydrogen-bond acceptors (Lipinski definition) is 3. The molecular weight excluding hydrogens is 221 g/mol. The van der Waals surface area contributed by atoms with Crippen molar-refractivity contribution < 1.29 is 4.79 Å². The Morgan fingerprint density at radius 2 is 2.62 bits per heavy atom. The van der Waals surface area contributed by atoms with E-state index in [0.29, 0.717) is 6.29 Å². The zero-order valence-corrected chi connectivity index (χ0v) is 5.94. The van der Waals surface area contributed by atoms with Gasteiger partial charge in [-0.15, -0.1) is 5.10 Å². The highest BCUT2D eigenvalue weighted by molar-refractivity contribution is 14.1. The Bertz CT molecular complexity index is 196. The van der Waals surface area contributed by atoms with Crippen molar-refractivity contribution in [2.75, 3.05) is 0 Å². The van der Waals surface area contributed by atoms with E-state index in [4.69, 9.17) is 0 Å². The lowest BCUT2D eigenvalue weighted by Crippen LogP contribution is -1.82. The number of halogens is 1. The van der Waals surface area contributed by atoms with Gasteiger partial charge in [0, 0.05) is 0 Å². The fourth-order valence-electron chi connectivity index (χ4n) is 0.310. The Balaban J connectivity index is 3.00. The summed E-state index contributed by atoms with van der Waals surface area (Å²) < 4.78 is 1.45. The molecular formula is C3H2IN3O. The van der Waals surface area contributed by atoms with Crippen LogP contribution in [0.1, 0.15) is 10.6 Å². The molecule has 0 atom stereocenters. The number of hydrogen-bond donors (Lipinski definition) is 0. The van der Waals surface area contributed by atoms with Gasteiger partial charge < -0.3 is 0 Å². The van der Waals surface area contributed by atoms with Gasteiger partial charge in [0.05, 0.1) is 22.9 Å². The lowest BCUT2D eigenvalue weighted by Gasteiger charge is -1.72. The van der Waals surface area contributed by atoms with Crippen molar-refractivity contribution in [3.63, 3.8) is 0 Å². The summed E-state index contributed by atoms with van der Waals surface area (Å²) in [6.07, 6.45) is 2.07. The van der Waals surface area contributed by atoms with Crippen molar-refractivity contribution in [3.8, 4) is 0 Å². The van der Waals surface area contributed by atoms with E-state index in [2.05, 4.69) is 10.1 Å². The number of aldehydes is 1. The van der Waals surface area contributed by atoms with Gasteiger partial charge in [-0.1, -0.05) is 0 Å². The standard InChI is InChI=1S/C3H2IN3O/c4-7-2-5-3(1-8)6-7/h1-2H. The third-order valence-electron chi connectivity index (χ3n) is 0.589. The average Bonchev–Trinajstić information content (AvgIpc) is 2.14. The summed E-state index contributed by atoms with van der Waals surface area (Å²) in [5.41, 5.74) is 0. The molecule has 0 spiro atoms. The molecule has 1 heterocycles. The van der Waals surface area contributed by atoms with Gasteiger partial charge in [0.2, 0.25) is 5.82 Å². The Hall–Kier alpha value is -0.460. The first-order valence-electron chi connectivity index (χ1n) is 1.86. The molecule has 1 rings (SSSR count). The van der Waals surface area contributed by atoms with Crippen molar-refractivity contribution in [2.45, 2.75) is 0 Å². The molecule has 8 heavy (non-hydrogen) atoms. The molecule has 0 saturated heterocycles. The zero-order valence-electron chi connectivity index (χ0n) is 3.78. The molecule has 42 valence electrons. The maximum atomic E-state index is 9.88. The molecule has 0 aliphatic rings. The van der Waals surface area contributed by atoms with Crippen LogP contribution in [0.4, 0.5) is 0 Å². The number of nitrogens with zero attached hydrogens (tertiary/aromatic N) is 3. The first-order valence-corrected chi connectivity index (χ1v) is 2.82. The minimum atomic E-state index is 0.222. The molecule has 1 aromatic heterocycles. The molecule has 0 N–H and O–H groups in total. The van der Waals surface area contributed by atoms with Crippen LogP contribution in [0.2, 0.25) is 0 Å². The maximum Gasteiger partial charge on any atom is 0.214 e. The summed E-state index contributed by atoms with van der Waals surface area (Å²) in [6, 6.07) is 0. The van der Waals surface area contributed by atoms with Crippen LogP contribution in [0.5, 0.6) is 0 Å². The molecule has 0 fully saturated rings. The minimum Gasteiger partial charge on any atom is -0.294 e. The summed E-state index contributed by atoms with van der Waals surface area (Å²) in [5, 5.41) is 3.65. The Morgan fingerprint density at radius 3 is 2.88 bits per heavy atom. The quantitative estimate of drug-likeness (QED) is 0.507. The number of rotatable bonds is 1. The molecule has 0 aromatic carbocycles. The van der Waals surface area contributed by atoms with Crippen molar-refractivity contribution in [2.24, 2.45) is 0 Å². The van der Waals surface area contributed by atoms with Crippen molar-refractivity contribution in [3.05, 3.63) is 12.2 Å². The predicted molar refractivity (Wildman–Crippen MR) is 34.8 cm³/mol. The Labute approximate surface area is 59.4 Å². The highest BCUT2D eigenvalue weighted by Crippen LogP contribution is 1.88. The lowest BCUT2D eigenvalue weighted by atomic mass is 10.7. The van der Waals surface area contributed by atoms with Crippen molar-refractivity contribution in [1.29, 1.82) is 0 Å². The summed E-state index contributed by atoms with van der Waals surface area (Å²) in [7, 11) is 0. The first-order chi connectivity index (χ1) is 3.83. The van der Waals surface area contributed by atoms with Gasteiger partial charge in [-0.25, -0.2) is 4.98 Å². The molecule has 1 aromatic rings. The van der Waals surface area contributed by atoms with E-state index in [1.807, 2.05) is 22.9 Å². The van der Waals surface area contributed by atoms with Crippen LogP contribution in [0.3, 0.4) is 0 Å². The highest BCUT2D eigenvalue weighted by atomic mass is 127. The van der Waals surface area contributed by atoms with Crippen LogP contribution in [-0.2, 0) is 0 Å². The molecule has 0 unspecified atom stereocenters. The molecule has 5 heteroatoms. The molecule has 0 amide bonds.